The summed E-state index contributed by atoms with van der Waals surface area (Å²) in [6, 6.07) is 14.3. The van der Waals surface area contributed by atoms with Gasteiger partial charge in [0, 0.05) is 13.2 Å². The van der Waals surface area contributed by atoms with Crippen LogP contribution in [0.4, 0.5) is 0 Å². The molecule has 0 unspecified atom stereocenters. The second kappa shape index (κ2) is 9.02. The summed E-state index contributed by atoms with van der Waals surface area (Å²) in [6.45, 7) is 6.06. The maximum Gasteiger partial charge on any atom is 0.291 e. The third kappa shape index (κ3) is 4.15. The highest BCUT2D eigenvalue weighted by Gasteiger charge is 2.44. The van der Waals surface area contributed by atoms with E-state index in [1.54, 1.807) is 23.1 Å². The molecule has 172 valence electrons. The van der Waals surface area contributed by atoms with Gasteiger partial charge in [-0.1, -0.05) is 38.1 Å². The second-order valence-corrected chi connectivity index (χ2v) is 9.27. The molecule has 33 heavy (non-hydrogen) atoms. The zero-order valence-electron chi connectivity index (χ0n) is 19.1. The van der Waals surface area contributed by atoms with Gasteiger partial charge in [0.05, 0.1) is 29.7 Å². The van der Waals surface area contributed by atoms with Crippen molar-refractivity contribution in [3.05, 3.63) is 75.6 Å². The SMILES string of the molecule is CC(C)CCOc1cccc([C@@H]2c3c(oc4ccccc4c3=O)C(=O)N2C[C@@H]2CCCO2)c1. The van der Waals surface area contributed by atoms with E-state index < -0.39 is 6.04 Å². The minimum Gasteiger partial charge on any atom is -0.494 e. The summed E-state index contributed by atoms with van der Waals surface area (Å²) < 4.78 is 17.8. The van der Waals surface area contributed by atoms with Crippen molar-refractivity contribution < 1.29 is 18.7 Å². The minimum atomic E-state index is -0.536. The predicted molar refractivity (Wildman–Crippen MR) is 126 cm³/mol. The van der Waals surface area contributed by atoms with Gasteiger partial charge in [0.1, 0.15) is 11.3 Å². The summed E-state index contributed by atoms with van der Waals surface area (Å²) >= 11 is 0. The molecule has 2 aliphatic rings. The summed E-state index contributed by atoms with van der Waals surface area (Å²) in [6.07, 6.45) is 2.79. The molecule has 0 aliphatic carbocycles. The Kier molecular flexibility index (Phi) is 5.94. The van der Waals surface area contributed by atoms with Gasteiger partial charge in [0.2, 0.25) is 5.76 Å². The van der Waals surface area contributed by atoms with Crippen molar-refractivity contribution in [3.8, 4) is 5.75 Å². The number of ether oxygens (including phenoxy) is 2. The van der Waals surface area contributed by atoms with E-state index in [-0.39, 0.29) is 23.2 Å². The molecule has 5 rings (SSSR count). The Bertz CT molecular complexity index is 1220. The van der Waals surface area contributed by atoms with E-state index in [2.05, 4.69) is 13.8 Å². The van der Waals surface area contributed by atoms with Crippen molar-refractivity contribution in [2.75, 3.05) is 19.8 Å². The number of para-hydroxylation sites is 1. The van der Waals surface area contributed by atoms with Crippen molar-refractivity contribution in [1.82, 2.24) is 4.90 Å². The molecule has 0 radical (unpaired) electrons. The fraction of sp³-hybridized carbons (Fsp3) is 0.407. The van der Waals surface area contributed by atoms with Crippen LogP contribution in [0.2, 0.25) is 0 Å². The van der Waals surface area contributed by atoms with Crippen molar-refractivity contribution >= 4 is 16.9 Å². The van der Waals surface area contributed by atoms with Crippen molar-refractivity contribution in [1.29, 1.82) is 0 Å². The Balaban J connectivity index is 1.58. The van der Waals surface area contributed by atoms with E-state index in [0.717, 1.165) is 30.6 Å². The van der Waals surface area contributed by atoms with Crippen LogP contribution in [-0.2, 0) is 4.74 Å². The van der Waals surface area contributed by atoms with Crippen LogP contribution in [0.5, 0.6) is 5.75 Å². The number of hydrogen-bond acceptors (Lipinski definition) is 5. The summed E-state index contributed by atoms with van der Waals surface area (Å²) in [5.41, 5.74) is 1.50. The average molecular weight is 448 g/mol. The van der Waals surface area contributed by atoms with E-state index in [4.69, 9.17) is 13.9 Å². The first-order valence-corrected chi connectivity index (χ1v) is 11.7. The molecule has 1 saturated heterocycles. The van der Waals surface area contributed by atoms with Gasteiger partial charge in [-0.3, -0.25) is 9.59 Å². The first kappa shape index (κ1) is 21.7. The van der Waals surface area contributed by atoms with Gasteiger partial charge in [-0.25, -0.2) is 0 Å². The first-order chi connectivity index (χ1) is 16.0. The van der Waals surface area contributed by atoms with Gasteiger partial charge >= 0.3 is 0 Å². The molecule has 2 aromatic carbocycles. The number of carbonyl (C=O) groups excluding carboxylic acids is 1. The molecule has 0 saturated carbocycles. The number of fused-ring (bicyclic) bond motifs is 2. The van der Waals surface area contributed by atoms with Crippen LogP contribution in [0.25, 0.3) is 11.0 Å². The maximum absolute atomic E-state index is 13.6. The van der Waals surface area contributed by atoms with E-state index in [9.17, 15) is 9.59 Å². The lowest BCUT2D eigenvalue weighted by molar-refractivity contribution is 0.0486. The number of amides is 1. The molecule has 2 atom stereocenters. The highest BCUT2D eigenvalue weighted by Crippen LogP contribution is 2.39. The highest BCUT2D eigenvalue weighted by molar-refractivity contribution is 5.99. The normalized spacial score (nSPS) is 20.1. The molecule has 0 N–H and O–H groups in total. The maximum atomic E-state index is 13.6. The van der Waals surface area contributed by atoms with Crippen LogP contribution in [0, 0.1) is 5.92 Å². The van der Waals surface area contributed by atoms with E-state index in [0.29, 0.717) is 42.2 Å². The second-order valence-electron chi connectivity index (χ2n) is 9.27. The molecule has 2 aliphatic heterocycles. The summed E-state index contributed by atoms with van der Waals surface area (Å²) in [5.74, 6) is 1.15. The number of hydrogen-bond donors (Lipinski definition) is 0. The van der Waals surface area contributed by atoms with Crippen LogP contribution < -0.4 is 10.2 Å². The molecule has 0 spiro atoms. The van der Waals surface area contributed by atoms with Crippen LogP contribution in [-0.4, -0.2) is 36.7 Å². The molecular weight excluding hydrogens is 418 g/mol. The fourth-order valence-corrected chi connectivity index (χ4v) is 4.70. The van der Waals surface area contributed by atoms with Gasteiger partial charge in [0.15, 0.2) is 5.43 Å². The Morgan fingerprint density at radius 1 is 1.12 bits per heavy atom. The topological polar surface area (TPSA) is 69.0 Å². The van der Waals surface area contributed by atoms with E-state index in [1.807, 2.05) is 30.3 Å². The zero-order valence-corrected chi connectivity index (χ0v) is 19.1. The van der Waals surface area contributed by atoms with Gasteiger partial charge in [-0.15, -0.1) is 0 Å². The van der Waals surface area contributed by atoms with Gasteiger partial charge in [-0.05, 0) is 55.0 Å². The minimum absolute atomic E-state index is 0.0410. The lowest BCUT2D eigenvalue weighted by Gasteiger charge is -2.27. The number of nitrogens with zero attached hydrogens (tertiary/aromatic N) is 1. The Morgan fingerprint density at radius 2 is 1.97 bits per heavy atom. The quantitative estimate of drug-likeness (QED) is 0.513. The lowest BCUT2D eigenvalue weighted by atomic mass is 9.98. The predicted octanol–water partition coefficient (Wildman–Crippen LogP) is 4.94. The van der Waals surface area contributed by atoms with Gasteiger partial charge in [-0.2, -0.15) is 0 Å². The van der Waals surface area contributed by atoms with Crippen molar-refractivity contribution in [3.63, 3.8) is 0 Å². The van der Waals surface area contributed by atoms with E-state index in [1.165, 1.54) is 0 Å². The van der Waals surface area contributed by atoms with Crippen molar-refractivity contribution in [2.45, 2.75) is 45.3 Å². The molecule has 6 nitrogen and oxygen atoms in total. The molecular formula is C27H29NO5. The largest absolute Gasteiger partial charge is 0.494 e. The zero-order chi connectivity index (χ0) is 22.9. The van der Waals surface area contributed by atoms with Crippen molar-refractivity contribution in [2.24, 2.45) is 5.92 Å². The third-order valence-corrected chi connectivity index (χ3v) is 6.44. The molecule has 3 heterocycles. The summed E-state index contributed by atoms with van der Waals surface area (Å²) in [5, 5.41) is 0.484. The lowest BCUT2D eigenvalue weighted by Crippen LogP contribution is -2.36. The Labute approximate surface area is 193 Å². The summed E-state index contributed by atoms with van der Waals surface area (Å²) in [7, 11) is 0. The monoisotopic (exact) mass is 447 g/mol. The van der Waals surface area contributed by atoms with Crippen LogP contribution in [0.3, 0.4) is 0 Å². The molecule has 1 aromatic heterocycles. The molecule has 3 aromatic rings. The number of carbonyl (C=O) groups is 1. The smallest absolute Gasteiger partial charge is 0.291 e. The molecule has 1 fully saturated rings. The third-order valence-electron chi connectivity index (χ3n) is 6.44. The fourth-order valence-electron chi connectivity index (χ4n) is 4.70. The average Bonchev–Trinajstić information content (AvgIpc) is 3.41. The van der Waals surface area contributed by atoms with Crippen LogP contribution >= 0.6 is 0 Å². The molecule has 6 heteroatoms. The van der Waals surface area contributed by atoms with Gasteiger partial charge < -0.3 is 18.8 Å². The van der Waals surface area contributed by atoms with Crippen LogP contribution in [0.15, 0.2) is 57.7 Å². The van der Waals surface area contributed by atoms with Gasteiger partial charge in [0.25, 0.3) is 5.91 Å². The molecule has 0 bridgehead atoms. The van der Waals surface area contributed by atoms with Crippen LogP contribution in [0.1, 0.15) is 60.8 Å². The highest BCUT2D eigenvalue weighted by atomic mass is 16.5. The standard InChI is InChI=1S/C27H29NO5/c1-17(2)12-14-32-19-8-5-7-18(15-19)24-23-25(29)21-10-3-4-11-22(21)33-26(23)27(30)28(24)16-20-9-6-13-31-20/h3-5,7-8,10-11,15,17,20,24H,6,9,12-14,16H2,1-2H3/t20-,24+/m0/s1. The summed E-state index contributed by atoms with van der Waals surface area (Å²) in [4.78, 5) is 28.8. The molecule has 1 amide bonds. The Hall–Kier alpha value is -3.12. The number of benzene rings is 2. The van der Waals surface area contributed by atoms with E-state index >= 15 is 0 Å². The first-order valence-electron chi connectivity index (χ1n) is 11.7. The number of rotatable bonds is 7. The Morgan fingerprint density at radius 3 is 2.76 bits per heavy atom.